The van der Waals surface area contributed by atoms with E-state index in [0.29, 0.717) is 9.09 Å². The van der Waals surface area contributed by atoms with Crippen molar-refractivity contribution in [2.75, 3.05) is 0 Å². The van der Waals surface area contributed by atoms with Gasteiger partial charge in [-0.15, -0.1) is 5.10 Å². The Balaban J connectivity index is 1.98. The molecule has 0 atom stereocenters. The lowest BCUT2D eigenvalue weighted by atomic mass is 10.1. The van der Waals surface area contributed by atoms with Gasteiger partial charge in [0.1, 0.15) is 0 Å². The molecule has 2 aromatic carbocycles. The molecule has 3 rings (SSSR count). The van der Waals surface area contributed by atoms with Crippen LogP contribution in [0.3, 0.4) is 0 Å². The Labute approximate surface area is 137 Å². The zero-order valence-corrected chi connectivity index (χ0v) is 13.3. The van der Waals surface area contributed by atoms with Gasteiger partial charge in [0.05, 0.1) is 5.71 Å². The van der Waals surface area contributed by atoms with Crippen molar-refractivity contribution in [1.29, 1.82) is 0 Å². The number of nitrogens with one attached hydrogen (secondary N) is 1. The molecule has 0 aliphatic heterocycles. The molecular formula is C17H13N3S2. The zero-order valence-electron chi connectivity index (χ0n) is 11.6. The molecule has 0 aliphatic carbocycles. The van der Waals surface area contributed by atoms with Crippen molar-refractivity contribution < 1.29 is 0 Å². The lowest BCUT2D eigenvalue weighted by Crippen LogP contribution is -1.95. The highest BCUT2D eigenvalue weighted by molar-refractivity contribution is 7.73. The van der Waals surface area contributed by atoms with Gasteiger partial charge in [-0.05, 0) is 23.9 Å². The van der Waals surface area contributed by atoms with E-state index in [1.54, 1.807) is 0 Å². The first-order valence-corrected chi connectivity index (χ1v) is 7.96. The van der Waals surface area contributed by atoms with Crippen LogP contribution < -0.4 is 0 Å². The Morgan fingerprint density at radius 1 is 1.05 bits per heavy atom. The topological polar surface area (TPSA) is 41.0 Å². The summed E-state index contributed by atoms with van der Waals surface area (Å²) in [6, 6.07) is 20.2. The molecule has 0 amide bonds. The average Bonchev–Trinajstić information content (AvgIpc) is 2.98. The van der Waals surface area contributed by atoms with Gasteiger partial charge in [0.15, 0.2) is 3.95 Å². The number of hydrogen-bond donors (Lipinski definition) is 1. The Morgan fingerprint density at radius 2 is 1.73 bits per heavy atom. The minimum atomic E-state index is 0.623. The van der Waals surface area contributed by atoms with Crippen molar-refractivity contribution in [2.24, 2.45) is 4.99 Å². The van der Waals surface area contributed by atoms with Gasteiger partial charge in [-0.3, -0.25) is 5.10 Å². The van der Waals surface area contributed by atoms with Crippen molar-refractivity contribution in [3.05, 3.63) is 81.8 Å². The molecule has 0 radical (unpaired) electrons. The number of allylic oxidation sites excluding steroid dienone is 1. The number of aromatic nitrogens is 2. The van der Waals surface area contributed by atoms with Crippen LogP contribution in [0, 0.1) is 3.95 Å². The van der Waals surface area contributed by atoms with Crippen LogP contribution in [0.1, 0.15) is 11.1 Å². The van der Waals surface area contributed by atoms with E-state index in [4.69, 9.17) is 12.2 Å². The highest BCUT2D eigenvalue weighted by Crippen LogP contribution is 2.18. The molecule has 0 saturated heterocycles. The molecule has 3 aromatic rings. The number of nitrogens with zero attached hydrogens (tertiary/aromatic N) is 2. The van der Waals surface area contributed by atoms with Crippen LogP contribution in [0.25, 0.3) is 6.08 Å². The van der Waals surface area contributed by atoms with Crippen molar-refractivity contribution >= 4 is 40.5 Å². The fourth-order valence-corrected chi connectivity index (χ4v) is 2.68. The van der Waals surface area contributed by atoms with Crippen LogP contribution >= 0.6 is 23.6 Å². The van der Waals surface area contributed by atoms with Gasteiger partial charge in [-0.2, -0.15) is 0 Å². The van der Waals surface area contributed by atoms with E-state index in [9.17, 15) is 0 Å². The van der Waals surface area contributed by atoms with Crippen LogP contribution in [0.4, 0.5) is 5.13 Å². The van der Waals surface area contributed by atoms with Crippen molar-refractivity contribution in [3.8, 4) is 0 Å². The van der Waals surface area contributed by atoms with Gasteiger partial charge in [0.2, 0.25) is 5.13 Å². The van der Waals surface area contributed by atoms with E-state index in [0.717, 1.165) is 16.8 Å². The van der Waals surface area contributed by atoms with Gasteiger partial charge in [-0.1, -0.05) is 78.1 Å². The molecule has 0 fully saturated rings. The number of hydrogen-bond acceptors (Lipinski definition) is 4. The summed E-state index contributed by atoms with van der Waals surface area (Å²) in [7, 11) is 0. The zero-order chi connectivity index (χ0) is 15.2. The second kappa shape index (κ2) is 7.06. The maximum Gasteiger partial charge on any atom is 0.230 e. The molecule has 1 N–H and O–H groups in total. The van der Waals surface area contributed by atoms with Crippen LogP contribution in [0.15, 0.2) is 71.7 Å². The Morgan fingerprint density at radius 3 is 2.36 bits per heavy atom. The number of aliphatic imine (C=N–C) groups is 1. The lowest BCUT2D eigenvalue weighted by molar-refractivity contribution is 1.07. The molecule has 0 saturated carbocycles. The van der Waals surface area contributed by atoms with E-state index in [2.05, 4.69) is 27.3 Å². The summed E-state index contributed by atoms with van der Waals surface area (Å²) < 4.78 is 0.623. The van der Waals surface area contributed by atoms with Gasteiger partial charge in [0.25, 0.3) is 0 Å². The van der Waals surface area contributed by atoms with Crippen LogP contribution in [0.5, 0.6) is 0 Å². The van der Waals surface area contributed by atoms with Crippen molar-refractivity contribution in [2.45, 2.75) is 0 Å². The highest BCUT2D eigenvalue weighted by atomic mass is 32.1. The van der Waals surface area contributed by atoms with Crippen LogP contribution in [-0.4, -0.2) is 15.9 Å². The van der Waals surface area contributed by atoms with Gasteiger partial charge in [-0.25, -0.2) is 4.99 Å². The maximum atomic E-state index is 5.06. The highest BCUT2D eigenvalue weighted by Gasteiger charge is 2.02. The summed E-state index contributed by atoms with van der Waals surface area (Å²) in [4.78, 5) is 4.60. The molecule has 0 bridgehead atoms. The lowest BCUT2D eigenvalue weighted by Gasteiger charge is -2.00. The van der Waals surface area contributed by atoms with Crippen LogP contribution in [0.2, 0.25) is 0 Å². The molecule has 108 valence electrons. The summed E-state index contributed by atoms with van der Waals surface area (Å²) in [5.41, 5.74) is 3.01. The predicted octanol–water partition coefficient (Wildman–Crippen LogP) is 5.03. The minimum absolute atomic E-state index is 0.623. The number of rotatable bonds is 4. The van der Waals surface area contributed by atoms with Crippen LogP contribution in [-0.2, 0) is 0 Å². The molecule has 22 heavy (non-hydrogen) atoms. The second-order valence-corrected chi connectivity index (χ2v) is 6.15. The monoisotopic (exact) mass is 323 g/mol. The van der Waals surface area contributed by atoms with Crippen molar-refractivity contribution in [3.63, 3.8) is 0 Å². The third-order valence-corrected chi connectivity index (χ3v) is 3.93. The molecule has 0 unspecified atom stereocenters. The van der Waals surface area contributed by atoms with E-state index >= 15 is 0 Å². The first-order valence-electron chi connectivity index (χ1n) is 6.74. The van der Waals surface area contributed by atoms with Crippen molar-refractivity contribution in [1.82, 2.24) is 10.2 Å². The molecule has 1 heterocycles. The molecule has 0 aliphatic rings. The summed E-state index contributed by atoms with van der Waals surface area (Å²) in [6.07, 6.45) is 4.03. The first kappa shape index (κ1) is 14.6. The summed E-state index contributed by atoms with van der Waals surface area (Å²) in [5.74, 6) is 0. The normalized spacial score (nSPS) is 11.9. The number of aromatic amines is 1. The van der Waals surface area contributed by atoms with E-state index in [-0.39, 0.29) is 0 Å². The third-order valence-electron chi connectivity index (χ3n) is 2.95. The standard InChI is InChI=1S/C17H13N3S2/c21-17-20-19-16(22-17)18-15(14-9-5-2-6-10-14)12-11-13-7-3-1-4-8-13/h1-12H,(H,20,21)/b12-11+,18-15+. The SMILES string of the molecule is S=c1[nH]nc(/N=C(\C=C\c2ccccc2)c2ccccc2)s1. The van der Waals surface area contributed by atoms with E-state index < -0.39 is 0 Å². The maximum absolute atomic E-state index is 5.06. The Kier molecular flexibility index (Phi) is 4.68. The quantitative estimate of drug-likeness (QED) is 0.540. The van der Waals surface area contributed by atoms with Gasteiger partial charge in [0, 0.05) is 5.56 Å². The summed E-state index contributed by atoms with van der Waals surface area (Å²) >= 11 is 6.42. The Bertz CT molecular complexity index is 846. The molecule has 0 spiro atoms. The van der Waals surface area contributed by atoms with Gasteiger partial charge >= 0.3 is 0 Å². The Hall–Kier alpha value is -2.37. The molecule has 5 heteroatoms. The van der Waals surface area contributed by atoms with Gasteiger partial charge < -0.3 is 0 Å². The first-order chi connectivity index (χ1) is 10.8. The smallest absolute Gasteiger partial charge is 0.230 e. The summed E-state index contributed by atoms with van der Waals surface area (Å²) in [6.45, 7) is 0. The minimum Gasteiger partial charge on any atom is -0.256 e. The fourth-order valence-electron chi connectivity index (χ4n) is 1.92. The molecule has 3 nitrogen and oxygen atoms in total. The average molecular weight is 323 g/mol. The largest absolute Gasteiger partial charge is 0.256 e. The van der Waals surface area contributed by atoms with E-state index in [1.807, 2.05) is 60.7 Å². The van der Waals surface area contributed by atoms with E-state index in [1.165, 1.54) is 11.3 Å². The molecule has 1 aromatic heterocycles. The fraction of sp³-hybridized carbons (Fsp3) is 0. The summed E-state index contributed by atoms with van der Waals surface area (Å²) in [5, 5.41) is 7.48. The predicted molar refractivity (Wildman–Crippen MR) is 95.4 cm³/mol. The third kappa shape index (κ3) is 3.84. The number of benzene rings is 2. The number of H-pyrrole nitrogens is 1. The molecular weight excluding hydrogens is 310 g/mol. The second-order valence-electron chi connectivity index (χ2n) is 4.50.